The first-order valence-corrected chi connectivity index (χ1v) is 7.02. The second-order valence-electron chi connectivity index (χ2n) is 3.21. The minimum Gasteiger partial charge on any atom is -0.506 e. The smallest absolute Gasteiger partial charge is 0.306 e. The Morgan fingerprint density at radius 3 is 2.44 bits per heavy atom. The summed E-state index contributed by atoms with van der Waals surface area (Å²) >= 11 is 4.16. The number of carbonyl (C=O) groups is 1. The molecule has 0 amide bonds. The summed E-state index contributed by atoms with van der Waals surface area (Å²) in [6.07, 6.45) is 1.02. The van der Waals surface area contributed by atoms with Crippen molar-refractivity contribution in [2.24, 2.45) is 0 Å². The van der Waals surface area contributed by atoms with E-state index in [4.69, 9.17) is 4.74 Å². The third kappa shape index (κ3) is 4.08. The molecule has 88 valence electrons. The highest BCUT2D eigenvalue weighted by atomic mass is 127. The maximum Gasteiger partial charge on any atom is 0.306 e. The molecule has 1 aromatic rings. The van der Waals surface area contributed by atoms with Gasteiger partial charge in [0.15, 0.2) is 0 Å². The first-order chi connectivity index (χ1) is 7.54. The number of benzene rings is 1. The molecule has 1 aromatic carbocycles. The van der Waals surface area contributed by atoms with Crippen molar-refractivity contribution in [2.45, 2.75) is 19.8 Å². The van der Waals surface area contributed by atoms with Crippen LogP contribution in [0.25, 0.3) is 0 Å². The Labute approximate surface area is 122 Å². The summed E-state index contributed by atoms with van der Waals surface area (Å²) < 4.78 is 6.47. The molecule has 0 aliphatic heterocycles. The fourth-order valence-corrected chi connectivity index (χ4v) is 3.14. The minimum atomic E-state index is -0.180. The van der Waals surface area contributed by atoms with Gasteiger partial charge in [0.1, 0.15) is 5.75 Å². The number of esters is 1. The number of carbonyl (C=O) groups excluding carboxylic acids is 1. The molecule has 0 unspecified atom stereocenters. The van der Waals surface area contributed by atoms with Gasteiger partial charge in [-0.25, -0.2) is 0 Å². The number of hydrogen-bond acceptors (Lipinski definition) is 3. The summed E-state index contributed by atoms with van der Waals surface area (Å²) in [7, 11) is 0. The van der Waals surface area contributed by atoms with Gasteiger partial charge in [0.2, 0.25) is 0 Å². The summed E-state index contributed by atoms with van der Waals surface area (Å²) in [6.45, 7) is 2.22. The fraction of sp³-hybridized carbons (Fsp3) is 0.364. The van der Waals surface area contributed by atoms with Crippen LogP contribution in [0.5, 0.6) is 5.75 Å². The molecule has 5 heteroatoms. The molecule has 3 nitrogen and oxygen atoms in total. The predicted octanol–water partition coefficient (Wildman–Crippen LogP) is 3.10. The highest BCUT2D eigenvalue weighted by molar-refractivity contribution is 14.1. The number of phenols is 1. The topological polar surface area (TPSA) is 46.5 Å². The van der Waals surface area contributed by atoms with Crippen molar-refractivity contribution >= 4 is 51.2 Å². The summed E-state index contributed by atoms with van der Waals surface area (Å²) in [6, 6.07) is 3.77. The summed E-state index contributed by atoms with van der Waals surface area (Å²) in [4.78, 5) is 11.2. The molecule has 16 heavy (non-hydrogen) atoms. The Balaban J connectivity index is 2.65. The van der Waals surface area contributed by atoms with E-state index in [0.717, 1.165) is 12.7 Å². The van der Waals surface area contributed by atoms with Gasteiger partial charge in [0, 0.05) is 6.42 Å². The van der Waals surface area contributed by atoms with E-state index in [1.165, 1.54) is 0 Å². The van der Waals surface area contributed by atoms with E-state index >= 15 is 0 Å². The van der Waals surface area contributed by atoms with E-state index in [1.54, 1.807) is 6.92 Å². The number of ether oxygens (including phenoxy) is 1. The highest BCUT2D eigenvalue weighted by Crippen LogP contribution is 2.27. The molecule has 0 aliphatic carbocycles. The number of hydrogen-bond donors (Lipinski definition) is 1. The van der Waals surface area contributed by atoms with Crippen LogP contribution in [-0.2, 0) is 16.0 Å². The van der Waals surface area contributed by atoms with Gasteiger partial charge in [-0.3, -0.25) is 4.79 Å². The van der Waals surface area contributed by atoms with E-state index < -0.39 is 0 Å². The summed E-state index contributed by atoms with van der Waals surface area (Å²) in [5.41, 5.74) is 1.04. The molecule has 1 rings (SSSR count). The Hall–Kier alpha value is -0.0500. The third-order valence-corrected chi connectivity index (χ3v) is 3.64. The van der Waals surface area contributed by atoms with Crippen LogP contribution < -0.4 is 0 Å². The van der Waals surface area contributed by atoms with Crippen LogP contribution in [0.1, 0.15) is 18.9 Å². The second-order valence-corrected chi connectivity index (χ2v) is 5.54. The summed E-state index contributed by atoms with van der Waals surface area (Å²) in [5, 5.41) is 9.59. The lowest BCUT2D eigenvalue weighted by molar-refractivity contribution is -0.143. The van der Waals surface area contributed by atoms with Crippen LogP contribution in [0, 0.1) is 7.14 Å². The number of aryl methyl sites for hydroxylation is 1. The Bertz CT molecular complexity index is 368. The SMILES string of the molecule is CCOC(=O)CCc1cc(I)c(O)c(I)c1. The van der Waals surface area contributed by atoms with Gasteiger partial charge in [0.25, 0.3) is 0 Å². The van der Waals surface area contributed by atoms with Gasteiger partial charge >= 0.3 is 5.97 Å². The van der Waals surface area contributed by atoms with Gasteiger partial charge in [-0.15, -0.1) is 0 Å². The Morgan fingerprint density at radius 2 is 1.94 bits per heavy atom. The predicted molar refractivity (Wildman–Crippen MR) is 78.5 cm³/mol. The quantitative estimate of drug-likeness (QED) is 0.572. The van der Waals surface area contributed by atoms with E-state index in [-0.39, 0.29) is 5.97 Å². The fourth-order valence-electron chi connectivity index (χ4n) is 1.24. The van der Waals surface area contributed by atoms with Gasteiger partial charge < -0.3 is 9.84 Å². The molecular weight excluding hydrogens is 434 g/mol. The molecule has 0 fully saturated rings. The summed E-state index contributed by atoms with van der Waals surface area (Å²) in [5.74, 6) is 0.127. The molecular formula is C11H12I2O3. The molecule has 0 bridgehead atoms. The molecule has 0 atom stereocenters. The standard InChI is InChI=1S/C11H12I2O3/c1-2-16-10(14)4-3-7-5-8(12)11(15)9(13)6-7/h5-6,15H,2-4H2,1H3. The normalized spacial score (nSPS) is 10.2. The number of rotatable bonds is 4. The van der Waals surface area contributed by atoms with Crippen molar-refractivity contribution in [3.05, 3.63) is 24.8 Å². The van der Waals surface area contributed by atoms with E-state index in [0.29, 0.717) is 25.2 Å². The highest BCUT2D eigenvalue weighted by Gasteiger charge is 2.08. The van der Waals surface area contributed by atoms with E-state index in [1.807, 2.05) is 12.1 Å². The number of phenolic OH excluding ortho intramolecular Hbond substituents is 1. The van der Waals surface area contributed by atoms with Crippen LogP contribution >= 0.6 is 45.2 Å². The van der Waals surface area contributed by atoms with Crippen LogP contribution in [0.15, 0.2) is 12.1 Å². The number of aromatic hydroxyl groups is 1. The lowest BCUT2D eigenvalue weighted by Crippen LogP contribution is -2.05. The molecule has 0 heterocycles. The molecule has 1 N–H and O–H groups in total. The molecule has 0 saturated heterocycles. The molecule has 0 aliphatic rings. The van der Waals surface area contributed by atoms with E-state index in [9.17, 15) is 9.90 Å². The average molecular weight is 446 g/mol. The minimum absolute atomic E-state index is 0.180. The lowest BCUT2D eigenvalue weighted by Gasteiger charge is -2.06. The molecule has 0 saturated carbocycles. The number of halogens is 2. The second kappa shape index (κ2) is 6.63. The first-order valence-electron chi connectivity index (χ1n) is 4.87. The largest absolute Gasteiger partial charge is 0.506 e. The lowest BCUT2D eigenvalue weighted by atomic mass is 10.1. The van der Waals surface area contributed by atoms with Crippen molar-refractivity contribution in [1.29, 1.82) is 0 Å². The van der Waals surface area contributed by atoms with Crippen molar-refractivity contribution in [3.8, 4) is 5.75 Å². The monoisotopic (exact) mass is 446 g/mol. The van der Waals surface area contributed by atoms with Crippen LogP contribution in [0.2, 0.25) is 0 Å². The average Bonchev–Trinajstić information content (AvgIpc) is 2.23. The Morgan fingerprint density at radius 1 is 1.38 bits per heavy atom. The van der Waals surface area contributed by atoms with Crippen LogP contribution in [-0.4, -0.2) is 17.7 Å². The third-order valence-electron chi connectivity index (χ3n) is 2.00. The van der Waals surface area contributed by atoms with Crippen LogP contribution in [0.4, 0.5) is 0 Å². The van der Waals surface area contributed by atoms with Crippen molar-refractivity contribution in [3.63, 3.8) is 0 Å². The first kappa shape index (κ1) is 14.0. The zero-order valence-corrected chi connectivity index (χ0v) is 13.1. The van der Waals surface area contributed by atoms with Crippen molar-refractivity contribution in [1.82, 2.24) is 0 Å². The van der Waals surface area contributed by atoms with Crippen molar-refractivity contribution in [2.75, 3.05) is 6.61 Å². The molecule has 0 radical (unpaired) electrons. The molecule has 0 spiro atoms. The zero-order chi connectivity index (χ0) is 12.1. The zero-order valence-electron chi connectivity index (χ0n) is 8.80. The van der Waals surface area contributed by atoms with Gasteiger partial charge in [-0.2, -0.15) is 0 Å². The van der Waals surface area contributed by atoms with Gasteiger partial charge in [-0.1, -0.05) is 0 Å². The Kier molecular flexibility index (Phi) is 5.81. The molecule has 0 aromatic heterocycles. The van der Waals surface area contributed by atoms with Gasteiger partial charge in [0.05, 0.1) is 13.7 Å². The van der Waals surface area contributed by atoms with Crippen molar-refractivity contribution < 1.29 is 14.6 Å². The maximum absolute atomic E-state index is 11.2. The van der Waals surface area contributed by atoms with Gasteiger partial charge in [-0.05, 0) is 76.2 Å². The van der Waals surface area contributed by atoms with Crippen LogP contribution in [0.3, 0.4) is 0 Å². The van der Waals surface area contributed by atoms with E-state index in [2.05, 4.69) is 45.2 Å². The maximum atomic E-state index is 11.2.